The van der Waals surface area contributed by atoms with Crippen LogP contribution >= 0.6 is 27.7 Å². The topological polar surface area (TPSA) is 95.1 Å². The summed E-state index contributed by atoms with van der Waals surface area (Å²) in [4.78, 5) is 17.1. The number of carbonyl (C=O) groups is 1. The van der Waals surface area contributed by atoms with E-state index in [1.807, 2.05) is 55.5 Å². The van der Waals surface area contributed by atoms with Crippen molar-refractivity contribution in [2.24, 2.45) is 5.73 Å². The molecule has 1 aliphatic rings. The monoisotopic (exact) mass is 513 g/mol. The van der Waals surface area contributed by atoms with E-state index in [1.165, 1.54) is 0 Å². The Morgan fingerprint density at radius 3 is 2.78 bits per heavy atom. The highest BCUT2D eigenvalue weighted by Gasteiger charge is 2.35. The van der Waals surface area contributed by atoms with Gasteiger partial charge in [-0.3, -0.25) is 4.79 Å². The van der Waals surface area contributed by atoms with Crippen molar-refractivity contribution in [3.05, 3.63) is 75.4 Å². The van der Waals surface area contributed by atoms with Crippen molar-refractivity contribution >= 4 is 39.5 Å². The van der Waals surface area contributed by atoms with Crippen molar-refractivity contribution in [1.29, 1.82) is 0 Å². The predicted molar refractivity (Wildman–Crippen MR) is 130 cm³/mol. The number of hydrogen-bond acceptors (Lipinski definition) is 6. The molecule has 7 nitrogen and oxygen atoms in total. The van der Waals surface area contributed by atoms with Gasteiger partial charge in [0, 0.05) is 21.5 Å². The van der Waals surface area contributed by atoms with Gasteiger partial charge in [-0.1, -0.05) is 64.9 Å². The van der Waals surface area contributed by atoms with Gasteiger partial charge < -0.3 is 15.8 Å². The minimum absolute atomic E-state index is 0.400. The fourth-order valence-corrected chi connectivity index (χ4v) is 4.65. The zero-order valence-electron chi connectivity index (χ0n) is 17.8. The summed E-state index contributed by atoms with van der Waals surface area (Å²) in [5.41, 5.74) is 8.74. The molecular weight excluding hydrogens is 490 g/mol. The molecule has 0 fully saturated rings. The van der Waals surface area contributed by atoms with Gasteiger partial charge in [0.25, 0.3) is 0 Å². The van der Waals surface area contributed by atoms with E-state index in [-0.39, 0.29) is 0 Å². The van der Waals surface area contributed by atoms with E-state index < -0.39 is 11.9 Å². The molecule has 0 saturated heterocycles. The average molecular weight is 514 g/mol. The Balaban J connectivity index is 1.78. The molecule has 1 aliphatic heterocycles. The van der Waals surface area contributed by atoms with Gasteiger partial charge in [-0.05, 0) is 37.1 Å². The third kappa shape index (κ3) is 4.68. The molecule has 0 radical (unpaired) electrons. The molecule has 1 atom stereocenters. The third-order valence-corrected chi connectivity index (χ3v) is 6.57. The zero-order valence-corrected chi connectivity index (χ0v) is 20.2. The quantitative estimate of drug-likeness (QED) is 0.416. The molecular formula is C23H24BrN5O2S. The molecule has 166 valence electrons. The Morgan fingerprint density at radius 1 is 1.28 bits per heavy atom. The second-order valence-electron chi connectivity index (χ2n) is 7.40. The van der Waals surface area contributed by atoms with Crippen LogP contribution < -0.4 is 15.8 Å². The molecule has 1 unspecified atom stereocenters. The van der Waals surface area contributed by atoms with E-state index in [2.05, 4.69) is 33.2 Å². The molecule has 3 N–H and O–H groups in total. The van der Waals surface area contributed by atoms with E-state index >= 15 is 0 Å². The molecule has 0 spiro atoms. The van der Waals surface area contributed by atoms with Crippen molar-refractivity contribution in [2.45, 2.75) is 38.1 Å². The lowest BCUT2D eigenvalue weighted by Gasteiger charge is -2.29. The maximum Gasteiger partial charge on any atom is 0.248 e. The van der Waals surface area contributed by atoms with Crippen LogP contribution in [0.2, 0.25) is 0 Å². The number of nitrogens with zero attached hydrogens (tertiary/aromatic N) is 3. The first-order valence-electron chi connectivity index (χ1n) is 10.3. The molecule has 3 aromatic rings. The molecule has 2 aromatic carbocycles. The smallest absolute Gasteiger partial charge is 0.248 e. The van der Waals surface area contributed by atoms with Crippen molar-refractivity contribution in [3.8, 4) is 5.75 Å². The Hall–Kier alpha value is -2.78. The second-order valence-corrected chi connectivity index (χ2v) is 9.38. The van der Waals surface area contributed by atoms with E-state index in [0.29, 0.717) is 34.7 Å². The molecule has 0 aliphatic carbocycles. The van der Waals surface area contributed by atoms with Crippen molar-refractivity contribution < 1.29 is 9.53 Å². The number of amides is 1. The van der Waals surface area contributed by atoms with Crippen LogP contribution in [-0.4, -0.2) is 26.4 Å². The lowest BCUT2D eigenvalue weighted by Crippen LogP contribution is -2.32. The minimum Gasteiger partial charge on any atom is -0.489 e. The number of anilines is 1. The number of nitrogens with one attached hydrogen (secondary N) is 1. The van der Waals surface area contributed by atoms with Crippen LogP contribution in [0.1, 0.15) is 37.4 Å². The van der Waals surface area contributed by atoms with Crippen LogP contribution in [0.3, 0.4) is 0 Å². The number of nitrogens with two attached hydrogens (primary N) is 1. The number of thioether (sulfide) groups is 1. The number of primary amides is 1. The van der Waals surface area contributed by atoms with E-state index in [9.17, 15) is 4.79 Å². The first kappa shape index (κ1) is 22.4. The Labute approximate surface area is 199 Å². The summed E-state index contributed by atoms with van der Waals surface area (Å²) in [5, 5.41) is 8.53. The van der Waals surface area contributed by atoms with Gasteiger partial charge in [0.15, 0.2) is 0 Å². The summed E-state index contributed by atoms with van der Waals surface area (Å²) in [5.74, 6) is 1.62. The van der Waals surface area contributed by atoms with Gasteiger partial charge in [0.2, 0.25) is 17.0 Å². The maximum absolute atomic E-state index is 12.5. The van der Waals surface area contributed by atoms with Gasteiger partial charge in [0.05, 0.1) is 5.57 Å². The summed E-state index contributed by atoms with van der Waals surface area (Å²) in [7, 11) is 0. The summed E-state index contributed by atoms with van der Waals surface area (Å²) in [6.07, 6.45) is 1.01. The Bertz CT molecular complexity index is 1160. The maximum atomic E-state index is 12.5. The van der Waals surface area contributed by atoms with E-state index in [4.69, 9.17) is 15.6 Å². The van der Waals surface area contributed by atoms with Gasteiger partial charge in [-0.2, -0.15) is 4.98 Å². The van der Waals surface area contributed by atoms with E-state index in [0.717, 1.165) is 27.8 Å². The molecule has 32 heavy (non-hydrogen) atoms. The summed E-state index contributed by atoms with van der Waals surface area (Å²) >= 11 is 5.14. The molecule has 4 rings (SSSR count). The highest BCUT2D eigenvalue weighted by atomic mass is 79.9. The highest BCUT2D eigenvalue weighted by Crippen LogP contribution is 2.41. The van der Waals surface area contributed by atoms with Crippen LogP contribution in [0.25, 0.3) is 0 Å². The number of rotatable bonds is 8. The normalized spacial score (nSPS) is 15.3. The minimum atomic E-state index is -0.560. The third-order valence-electron chi connectivity index (χ3n) is 5.04. The molecule has 2 heterocycles. The number of hydrogen-bond donors (Lipinski definition) is 2. The first-order valence-corrected chi connectivity index (χ1v) is 12.1. The average Bonchev–Trinajstić information content (AvgIpc) is 3.18. The fourth-order valence-electron chi connectivity index (χ4n) is 3.59. The number of carbonyl (C=O) groups excluding carboxylic acids is 1. The molecule has 0 saturated carbocycles. The summed E-state index contributed by atoms with van der Waals surface area (Å²) in [6.45, 7) is 4.34. The van der Waals surface area contributed by atoms with Crippen LogP contribution in [-0.2, 0) is 11.4 Å². The summed E-state index contributed by atoms with van der Waals surface area (Å²) in [6, 6.07) is 15.1. The van der Waals surface area contributed by atoms with Crippen LogP contribution in [0.4, 0.5) is 5.95 Å². The number of halogens is 1. The number of benzene rings is 2. The van der Waals surface area contributed by atoms with Crippen LogP contribution in [0, 0.1) is 0 Å². The molecule has 0 bridgehead atoms. The zero-order chi connectivity index (χ0) is 22.7. The first-order chi connectivity index (χ1) is 15.5. The standard InChI is InChI=1S/C23H24BrN5O2S/c1-3-11-32-23-27-22-26-14(2)19(21(25)30)20(29(22)28-23)17-12-16(24)9-10-18(17)31-13-15-7-5-4-6-8-15/h4-10,12,20H,3,11,13H2,1-2H3,(H2,25,30)(H,26,27,28). The van der Waals surface area contributed by atoms with Crippen LogP contribution in [0.15, 0.2) is 69.4 Å². The van der Waals surface area contributed by atoms with Gasteiger partial charge in [-0.15, -0.1) is 5.10 Å². The van der Waals surface area contributed by atoms with Crippen LogP contribution in [0.5, 0.6) is 5.75 Å². The number of fused-ring (bicyclic) bond motifs is 1. The number of ether oxygens (including phenoxy) is 1. The highest BCUT2D eigenvalue weighted by molar-refractivity contribution is 9.10. The van der Waals surface area contributed by atoms with Gasteiger partial charge in [-0.25, -0.2) is 4.68 Å². The van der Waals surface area contributed by atoms with E-state index in [1.54, 1.807) is 16.4 Å². The van der Waals surface area contributed by atoms with Gasteiger partial charge >= 0.3 is 0 Å². The molecule has 1 amide bonds. The van der Waals surface area contributed by atoms with Gasteiger partial charge in [0.1, 0.15) is 18.4 Å². The largest absolute Gasteiger partial charge is 0.489 e. The van der Waals surface area contributed by atoms with Crippen molar-refractivity contribution in [1.82, 2.24) is 14.8 Å². The lowest BCUT2D eigenvalue weighted by atomic mass is 9.94. The van der Waals surface area contributed by atoms with Crippen molar-refractivity contribution in [2.75, 3.05) is 11.1 Å². The summed E-state index contributed by atoms with van der Waals surface area (Å²) < 4.78 is 8.79. The number of allylic oxidation sites excluding steroid dienone is 1. The fraction of sp³-hybridized carbons (Fsp3) is 0.261. The Morgan fingerprint density at radius 2 is 2.06 bits per heavy atom. The Kier molecular flexibility index (Phi) is 6.86. The SMILES string of the molecule is CCCSc1nc2n(n1)C(c1cc(Br)ccc1OCc1ccccc1)C(C(N)=O)=C(C)N2. The second kappa shape index (κ2) is 9.79. The lowest BCUT2D eigenvalue weighted by molar-refractivity contribution is -0.115. The molecule has 9 heteroatoms. The molecule has 1 aromatic heterocycles. The number of aromatic nitrogens is 3. The van der Waals surface area contributed by atoms with Crippen molar-refractivity contribution in [3.63, 3.8) is 0 Å². The predicted octanol–water partition coefficient (Wildman–Crippen LogP) is 4.90.